The van der Waals surface area contributed by atoms with Crippen molar-refractivity contribution in [1.82, 2.24) is 10.6 Å². The number of rotatable bonds is 8. The topological polar surface area (TPSA) is 105 Å². The summed E-state index contributed by atoms with van der Waals surface area (Å²) < 4.78 is 5.47. The van der Waals surface area contributed by atoms with Crippen LogP contribution in [0.15, 0.2) is 48.5 Å². The molecule has 1 aliphatic rings. The molecule has 0 heterocycles. The number of carbonyl (C=O) groups excluding carboxylic acids is 2. The summed E-state index contributed by atoms with van der Waals surface area (Å²) in [7, 11) is 0. The highest BCUT2D eigenvalue weighted by Crippen LogP contribution is 2.44. The minimum absolute atomic E-state index is 0.0753. The van der Waals surface area contributed by atoms with Crippen molar-refractivity contribution in [2.75, 3.05) is 6.61 Å². The van der Waals surface area contributed by atoms with Crippen LogP contribution in [0.1, 0.15) is 43.7 Å². The second-order valence-electron chi connectivity index (χ2n) is 7.38. The minimum Gasteiger partial charge on any atom is -0.480 e. The van der Waals surface area contributed by atoms with Crippen molar-refractivity contribution in [2.24, 2.45) is 0 Å². The second-order valence-corrected chi connectivity index (χ2v) is 7.38. The van der Waals surface area contributed by atoms with Crippen molar-refractivity contribution in [3.8, 4) is 11.1 Å². The first-order valence-electron chi connectivity index (χ1n) is 10.1. The summed E-state index contributed by atoms with van der Waals surface area (Å²) in [6, 6.07) is 14.2. The van der Waals surface area contributed by atoms with Crippen LogP contribution in [-0.2, 0) is 14.3 Å². The molecule has 0 spiro atoms. The lowest BCUT2D eigenvalue weighted by Gasteiger charge is -2.20. The molecule has 2 aromatic rings. The van der Waals surface area contributed by atoms with Crippen molar-refractivity contribution in [2.45, 2.75) is 44.7 Å². The SMILES string of the molecule is CCC[C@@H](NC(=O)OCC1c2ccccc2-c2ccccc21)C(=O)NC(C)C(=O)O. The molecular formula is C23H26N2O5. The van der Waals surface area contributed by atoms with Gasteiger partial charge in [0.05, 0.1) is 0 Å². The number of carboxylic acid groups (broad SMARTS) is 1. The third kappa shape index (κ3) is 4.62. The predicted molar refractivity (Wildman–Crippen MR) is 112 cm³/mol. The van der Waals surface area contributed by atoms with E-state index in [4.69, 9.17) is 9.84 Å². The summed E-state index contributed by atoms with van der Waals surface area (Å²) in [5.74, 6) is -1.76. The first-order valence-corrected chi connectivity index (χ1v) is 10.1. The Labute approximate surface area is 175 Å². The monoisotopic (exact) mass is 410 g/mol. The molecule has 3 N–H and O–H groups in total. The third-order valence-corrected chi connectivity index (χ3v) is 5.26. The number of hydrogen-bond acceptors (Lipinski definition) is 4. The molecule has 2 amide bonds. The summed E-state index contributed by atoms with van der Waals surface area (Å²) in [6.45, 7) is 3.39. The molecule has 30 heavy (non-hydrogen) atoms. The molecule has 1 aliphatic carbocycles. The predicted octanol–water partition coefficient (Wildman–Crippen LogP) is 3.28. The van der Waals surface area contributed by atoms with Crippen LogP contribution < -0.4 is 10.6 Å². The molecule has 0 saturated heterocycles. The quantitative estimate of drug-likeness (QED) is 0.619. The van der Waals surface area contributed by atoms with E-state index in [1.54, 1.807) is 0 Å². The molecule has 0 aliphatic heterocycles. The average Bonchev–Trinajstić information content (AvgIpc) is 3.05. The van der Waals surface area contributed by atoms with Gasteiger partial charge in [0.2, 0.25) is 5.91 Å². The van der Waals surface area contributed by atoms with Crippen LogP contribution in [0.3, 0.4) is 0 Å². The smallest absolute Gasteiger partial charge is 0.407 e. The highest BCUT2D eigenvalue weighted by molar-refractivity contribution is 5.89. The van der Waals surface area contributed by atoms with E-state index >= 15 is 0 Å². The molecule has 0 fully saturated rings. The van der Waals surface area contributed by atoms with Gasteiger partial charge in [-0.15, -0.1) is 0 Å². The molecular weight excluding hydrogens is 384 g/mol. The van der Waals surface area contributed by atoms with E-state index in [1.165, 1.54) is 6.92 Å². The third-order valence-electron chi connectivity index (χ3n) is 5.26. The second kappa shape index (κ2) is 9.43. The fourth-order valence-corrected chi connectivity index (χ4v) is 3.72. The Morgan fingerprint density at radius 1 is 1.00 bits per heavy atom. The number of aliphatic carboxylic acids is 1. The van der Waals surface area contributed by atoms with Gasteiger partial charge < -0.3 is 20.5 Å². The van der Waals surface area contributed by atoms with Crippen molar-refractivity contribution in [3.63, 3.8) is 0 Å². The standard InChI is InChI=1S/C23H26N2O5/c1-3-8-20(21(26)24-14(2)22(27)28)25-23(29)30-13-19-17-11-6-4-9-15(17)16-10-5-7-12-18(16)19/h4-7,9-12,14,19-20H,3,8,13H2,1-2H3,(H,24,26)(H,25,29)(H,27,28)/t14?,20-/m1/s1. The molecule has 2 aromatic carbocycles. The molecule has 0 bridgehead atoms. The first-order chi connectivity index (χ1) is 14.4. The molecule has 1 unspecified atom stereocenters. The number of hydrogen-bond donors (Lipinski definition) is 3. The Bertz CT molecular complexity index is 897. The van der Waals surface area contributed by atoms with Gasteiger partial charge in [0.1, 0.15) is 18.7 Å². The van der Waals surface area contributed by atoms with E-state index in [9.17, 15) is 14.4 Å². The molecule has 7 nitrogen and oxygen atoms in total. The van der Waals surface area contributed by atoms with Crippen LogP contribution in [-0.4, -0.2) is 41.8 Å². The normalized spacial score (nSPS) is 14.2. The summed E-state index contributed by atoms with van der Waals surface area (Å²) in [5, 5.41) is 13.9. The van der Waals surface area contributed by atoms with E-state index in [-0.39, 0.29) is 12.5 Å². The number of amides is 2. The molecule has 0 radical (unpaired) electrons. The summed E-state index contributed by atoms with van der Waals surface area (Å²) in [4.78, 5) is 35.7. The van der Waals surface area contributed by atoms with Gasteiger partial charge in [-0.25, -0.2) is 4.79 Å². The van der Waals surface area contributed by atoms with E-state index < -0.39 is 30.1 Å². The maximum absolute atomic E-state index is 12.4. The summed E-state index contributed by atoms with van der Waals surface area (Å²) in [6.07, 6.45) is 0.319. The van der Waals surface area contributed by atoms with Gasteiger partial charge in [-0.2, -0.15) is 0 Å². The van der Waals surface area contributed by atoms with Crippen molar-refractivity contribution in [1.29, 1.82) is 0 Å². The zero-order valence-corrected chi connectivity index (χ0v) is 17.1. The number of nitrogens with one attached hydrogen (secondary N) is 2. The Kier molecular flexibility index (Phi) is 6.72. The lowest BCUT2D eigenvalue weighted by Crippen LogP contribution is -2.50. The fraction of sp³-hybridized carbons (Fsp3) is 0.348. The molecule has 0 aromatic heterocycles. The Morgan fingerprint density at radius 2 is 1.57 bits per heavy atom. The molecule has 2 atom stereocenters. The number of alkyl carbamates (subject to hydrolysis) is 1. The molecule has 7 heteroatoms. The van der Waals surface area contributed by atoms with Crippen LogP contribution in [0.4, 0.5) is 4.79 Å². The Hall–Kier alpha value is -3.35. The van der Waals surface area contributed by atoms with E-state index in [0.29, 0.717) is 12.8 Å². The van der Waals surface area contributed by atoms with Gasteiger partial charge in [0, 0.05) is 5.92 Å². The minimum atomic E-state index is -1.14. The maximum atomic E-state index is 12.4. The van der Waals surface area contributed by atoms with E-state index in [2.05, 4.69) is 22.8 Å². The Morgan fingerprint density at radius 3 is 2.10 bits per heavy atom. The fourth-order valence-electron chi connectivity index (χ4n) is 3.72. The van der Waals surface area contributed by atoms with Gasteiger partial charge in [0.25, 0.3) is 0 Å². The maximum Gasteiger partial charge on any atom is 0.407 e. The summed E-state index contributed by atoms with van der Waals surface area (Å²) in [5.41, 5.74) is 4.47. The lowest BCUT2D eigenvalue weighted by atomic mass is 9.98. The van der Waals surface area contributed by atoms with Crippen molar-refractivity contribution < 1.29 is 24.2 Å². The van der Waals surface area contributed by atoms with Crippen LogP contribution in [0.25, 0.3) is 11.1 Å². The molecule has 3 rings (SSSR count). The number of fused-ring (bicyclic) bond motifs is 3. The van der Waals surface area contributed by atoms with Crippen LogP contribution in [0.2, 0.25) is 0 Å². The van der Waals surface area contributed by atoms with Gasteiger partial charge in [-0.1, -0.05) is 61.9 Å². The van der Waals surface area contributed by atoms with Gasteiger partial charge in [0.15, 0.2) is 0 Å². The van der Waals surface area contributed by atoms with Gasteiger partial charge >= 0.3 is 12.1 Å². The van der Waals surface area contributed by atoms with Gasteiger partial charge in [-0.05, 0) is 35.6 Å². The highest BCUT2D eigenvalue weighted by atomic mass is 16.5. The lowest BCUT2D eigenvalue weighted by molar-refractivity contribution is -0.141. The first kappa shape index (κ1) is 21.4. The molecule has 0 saturated carbocycles. The highest BCUT2D eigenvalue weighted by Gasteiger charge is 2.30. The van der Waals surface area contributed by atoms with E-state index in [1.807, 2.05) is 43.3 Å². The zero-order valence-electron chi connectivity index (χ0n) is 17.1. The van der Waals surface area contributed by atoms with Crippen LogP contribution >= 0.6 is 0 Å². The van der Waals surface area contributed by atoms with Crippen molar-refractivity contribution >= 4 is 18.0 Å². The van der Waals surface area contributed by atoms with Crippen molar-refractivity contribution in [3.05, 3.63) is 59.7 Å². The number of ether oxygens (including phenoxy) is 1. The summed E-state index contributed by atoms with van der Waals surface area (Å²) >= 11 is 0. The van der Waals surface area contributed by atoms with E-state index in [0.717, 1.165) is 22.3 Å². The van der Waals surface area contributed by atoms with Crippen LogP contribution in [0, 0.1) is 0 Å². The zero-order chi connectivity index (χ0) is 21.7. The average molecular weight is 410 g/mol. The number of carbonyl (C=O) groups is 3. The molecule has 158 valence electrons. The number of carboxylic acids is 1. The Balaban J connectivity index is 1.65. The van der Waals surface area contributed by atoms with Gasteiger partial charge in [-0.3, -0.25) is 9.59 Å². The largest absolute Gasteiger partial charge is 0.480 e. The number of benzene rings is 2. The van der Waals surface area contributed by atoms with Crippen LogP contribution in [0.5, 0.6) is 0 Å².